The molecule has 1 fully saturated rings. The fourth-order valence-corrected chi connectivity index (χ4v) is 3.29. The predicted octanol–water partition coefficient (Wildman–Crippen LogP) is 4.62. The molecular weight excluding hydrogens is 329 g/mol. The van der Waals surface area contributed by atoms with Gasteiger partial charge in [0.15, 0.2) is 11.6 Å². The molecule has 6 heteroatoms. The number of alkyl halides is 2. The van der Waals surface area contributed by atoms with Crippen LogP contribution in [0.3, 0.4) is 0 Å². The maximum absolute atomic E-state index is 14.3. The summed E-state index contributed by atoms with van der Waals surface area (Å²) in [6, 6.07) is 6.31. The SMILES string of the molecule is Cc1cc(C2=NC3(CC3)[C@H](C)Oc3c(F)cccc32)cnc1C(F)F. The van der Waals surface area contributed by atoms with Crippen molar-refractivity contribution in [2.75, 3.05) is 0 Å². The van der Waals surface area contributed by atoms with Gasteiger partial charge >= 0.3 is 0 Å². The Kier molecular flexibility index (Phi) is 3.60. The number of para-hydroxylation sites is 1. The molecule has 4 rings (SSSR count). The van der Waals surface area contributed by atoms with Crippen molar-refractivity contribution in [3.05, 3.63) is 58.7 Å². The molecular formula is C19H17F3N2O. The number of halogens is 3. The first kappa shape index (κ1) is 16.1. The van der Waals surface area contributed by atoms with Crippen LogP contribution < -0.4 is 4.74 Å². The predicted molar refractivity (Wildman–Crippen MR) is 88.0 cm³/mol. The van der Waals surface area contributed by atoms with Crippen LogP contribution in [0.25, 0.3) is 0 Å². The number of pyridine rings is 1. The molecule has 0 bridgehead atoms. The highest BCUT2D eigenvalue weighted by Gasteiger charge is 2.51. The van der Waals surface area contributed by atoms with Crippen molar-refractivity contribution in [3.63, 3.8) is 0 Å². The number of benzene rings is 1. The molecule has 2 aromatic rings. The maximum Gasteiger partial charge on any atom is 0.280 e. The molecule has 2 heterocycles. The zero-order valence-corrected chi connectivity index (χ0v) is 13.9. The van der Waals surface area contributed by atoms with Gasteiger partial charge in [0.1, 0.15) is 11.8 Å². The lowest BCUT2D eigenvalue weighted by atomic mass is 10.00. The van der Waals surface area contributed by atoms with Crippen molar-refractivity contribution in [1.29, 1.82) is 0 Å². The molecule has 1 spiro atoms. The topological polar surface area (TPSA) is 34.5 Å². The first-order valence-electron chi connectivity index (χ1n) is 8.22. The molecule has 25 heavy (non-hydrogen) atoms. The molecule has 1 aliphatic carbocycles. The fraction of sp³-hybridized carbons (Fsp3) is 0.368. The van der Waals surface area contributed by atoms with E-state index in [0.29, 0.717) is 22.4 Å². The van der Waals surface area contributed by atoms with E-state index in [-0.39, 0.29) is 23.1 Å². The van der Waals surface area contributed by atoms with Crippen LogP contribution in [0.4, 0.5) is 13.2 Å². The summed E-state index contributed by atoms with van der Waals surface area (Å²) in [5, 5.41) is 0. The molecule has 1 atom stereocenters. The van der Waals surface area contributed by atoms with Gasteiger partial charge in [0.05, 0.1) is 11.3 Å². The van der Waals surface area contributed by atoms with Crippen molar-refractivity contribution >= 4 is 5.71 Å². The maximum atomic E-state index is 14.3. The Morgan fingerprint density at radius 1 is 1.28 bits per heavy atom. The molecule has 2 aliphatic rings. The Balaban J connectivity index is 1.90. The summed E-state index contributed by atoms with van der Waals surface area (Å²) in [5.41, 5.74) is 1.43. The Bertz CT molecular complexity index is 875. The minimum Gasteiger partial charge on any atom is -0.484 e. The van der Waals surface area contributed by atoms with Crippen molar-refractivity contribution < 1.29 is 17.9 Å². The third kappa shape index (κ3) is 2.60. The van der Waals surface area contributed by atoms with Crippen LogP contribution in [0.5, 0.6) is 5.75 Å². The van der Waals surface area contributed by atoms with E-state index in [1.54, 1.807) is 25.1 Å². The second kappa shape index (κ2) is 5.58. The van der Waals surface area contributed by atoms with Gasteiger partial charge in [0, 0.05) is 17.3 Å². The summed E-state index contributed by atoms with van der Waals surface area (Å²) in [4.78, 5) is 8.77. The molecule has 0 saturated heterocycles. The Morgan fingerprint density at radius 2 is 2.04 bits per heavy atom. The van der Waals surface area contributed by atoms with E-state index in [1.807, 2.05) is 6.92 Å². The monoisotopic (exact) mass is 346 g/mol. The van der Waals surface area contributed by atoms with Gasteiger partial charge in [-0.05, 0) is 50.5 Å². The summed E-state index contributed by atoms with van der Waals surface area (Å²) >= 11 is 0. The van der Waals surface area contributed by atoms with Gasteiger partial charge in [0.25, 0.3) is 6.43 Å². The van der Waals surface area contributed by atoms with Crippen LogP contribution in [-0.2, 0) is 0 Å². The first-order valence-corrected chi connectivity index (χ1v) is 8.22. The van der Waals surface area contributed by atoms with Crippen LogP contribution in [0.15, 0.2) is 35.5 Å². The number of hydrogen-bond acceptors (Lipinski definition) is 3. The Hall–Kier alpha value is -2.37. The normalized spacial score (nSPS) is 20.7. The molecule has 1 aromatic carbocycles. The van der Waals surface area contributed by atoms with E-state index in [9.17, 15) is 13.2 Å². The van der Waals surface area contributed by atoms with Crippen molar-refractivity contribution in [3.8, 4) is 5.75 Å². The van der Waals surface area contributed by atoms with Gasteiger partial charge in [0.2, 0.25) is 0 Å². The van der Waals surface area contributed by atoms with E-state index in [4.69, 9.17) is 9.73 Å². The average Bonchev–Trinajstić information content (AvgIpc) is 3.36. The van der Waals surface area contributed by atoms with Crippen molar-refractivity contribution in [1.82, 2.24) is 4.98 Å². The van der Waals surface area contributed by atoms with E-state index < -0.39 is 12.2 Å². The van der Waals surface area contributed by atoms with Crippen LogP contribution in [0.1, 0.15) is 48.6 Å². The van der Waals surface area contributed by atoms with Gasteiger partial charge in [-0.3, -0.25) is 9.98 Å². The molecule has 130 valence electrons. The summed E-state index contributed by atoms with van der Waals surface area (Å²) in [5.74, 6) is -0.295. The minimum absolute atomic E-state index is 0.160. The third-order valence-electron chi connectivity index (χ3n) is 4.97. The third-order valence-corrected chi connectivity index (χ3v) is 4.97. The van der Waals surface area contributed by atoms with Crippen LogP contribution in [0, 0.1) is 12.7 Å². The second-order valence-electron chi connectivity index (χ2n) is 6.67. The standard InChI is InChI=1S/C19H17F3N2O/c1-10-8-12(9-23-15(10)18(21)22)16-13-4-3-5-14(20)17(13)25-11(2)19(24-16)6-7-19/h3-5,8-9,11,18H,6-7H2,1-2H3/t11-/m0/s1. The quantitative estimate of drug-likeness (QED) is 0.795. The number of ether oxygens (including phenoxy) is 1. The first-order chi connectivity index (χ1) is 11.9. The zero-order valence-electron chi connectivity index (χ0n) is 13.9. The summed E-state index contributed by atoms with van der Waals surface area (Å²) in [7, 11) is 0. The average molecular weight is 346 g/mol. The van der Waals surface area contributed by atoms with E-state index >= 15 is 0 Å². The summed E-state index contributed by atoms with van der Waals surface area (Å²) < 4.78 is 46.2. The highest BCUT2D eigenvalue weighted by atomic mass is 19.3. The number of aromatic nitrogens is 1. The number of nitrogens with zero attached hydrogens (tertiary/aromatic N) is 2. The number of hydrogen-bond donors (Lipinski definition) is 0. The lowest BCUT2D eigenvalue weighted by molar-refractivity contribution is 0.145. The molecule has 0 radical (unpaired) electrons. The summed E-state index contributed by atoms with van der Waals surface area (Å²) in [6.07, 6.45) is 0.209. The second-order valence-corrected chi connectivity index (χ2v) is 6.67. The van der Waals surface area contributed by atoms with Crippen molar-refractivity contribution in [2.45, 2.75) is 44.8 Å². The molecule has 0 unspecified atom stereocenters. The van der Waals surface area contributed by atoms with Gasteiger partial charge < -0.3 is 4.74 Å². The number of aryl methyl sites for hydroxylation is 1. The smallest absolute Gasteiger partial charge is 0.280 e. The molecule has 0 N–H and O–H groups in total. The molecule has 3 nitrogen and oxygen atoms in total. The van der Waals surface area contributed by atoms with Crippen LogP contribution in [0.2, 0.25) is 0 Å². The molecule has 1 aliphatic heterocycles. The fourth-order valence-electron chi connectivity index (χ4n) is 3.29. The highest BCUT2D eigenvalue weighted by Crippen LogP contribution is 2.48. The van der Waals surface area contributed by atoms with Gasteiger partial charge in [-0.2, -0.15) is 0 Å². The van der Waals surface area contributed by atoms with Gasteiger partial charge in [-0.1, -0.05) is 6.07 Å². The lowest BCUT2D eigenvalue weighted by Crippen LogP contribution is -2.28. The zero-order chi connectivity index (χ0) is 17.8. The van der Waals surface area contributed by atoms with Gasteiger partial charge in [-0.15, -0.1) is 0 Å². The van der Waals surface area contributed by atoms with E-state index in [0.717, 1.165) is 12.8 Å². The molecule has 1 aromatic heterocycles. The molecule has 1 saturated carbocycles. The van der Waals surface area contributed by atoms with Crippen LogP contribution >= 0.6 is 0 Å². The highest BCUT2D eigenvalue weighted by molar-refractivity contribution is 6.15. The number of aliphatic imine (C=N–C) groups is 1. The Labute approximate surface area is 143 Å². The van der Waals surface area contributed by atoms with Crippen LogP contribution in [-0.4, -0.2) is 22.3 Å². The lowest BCUT2D eigenvalue weighted by Gasteiger charge is -2.19. The molecule has 0 amide bonds. The summed E-state index contributed by atoms with van der Waals surface area (Å²) in [6.45, 7) is 3.48. The van der Waals surface area contributed by atoms with E-state index in [2.05, 4.69) is 4.98 Å². The minimum atomic E-state index is -2.63. The Morgan fingerprint density at radius 3 is 2.68 bits per heavy atom. The largest absolute Gasteiger partial charge is 0.484 e. The van der Waals surface area contributed by atoms with Crippen molar-refractivity contribution in [2.24, 2.45) is 4.99 Å². The number of rotatable bonds is 2. The van der Waals surface area contributed by atoms with E-state index in [1.165, 1.54) is 12.3 Å². The van der Waals surface area contributed by atoms with Gasteiger partial charge in [-0.25, -0.2) is 13.2 Å². The number of fused-ring (bicyclic) bond motifs is 1.